The Kier molecular flexibility index (Phi) is 3.55. The summed E-state index contributed by atoms with van der Waals surface area (Å²) in [5.74, 6) is 4.22. The minimum absolute atomic E-state index is 0.709. The second-order valence-corrected chi connectivity index (χ2v) is 3.59. The van der Waals surface area contributed by atoms with Crippen molar-refractivity contribution in [2.75, 3.05) is 25.1 Å². The topological polar surface area (TPSA) is 30.5 Å². The Bertz CT molecular complexity index is 395. The van der Waals surface area contributed by atoms with Gasteiger partial charge in [0.25, 0.3) is 0 Å². The van der Waals surface area contributed by atoms with Gasteiger partial charge in [-0.15, -0.1) is 12.3 Å². The average Bonchev–Trinajstić information content (AvgIpc) is 2.54. The zero-order valence-electron chi connectivity index (χ0n) is 9.16. The fourth-order valence-corrected chi connectivity index (χ4v) is 1.55. The van der Waals surface area contributed by atoms with Crippen molar-refractivity contribution in [3.8, 4) is 23.8 Å². The van der Waals surface area contributed by atoms with E-state index in [1.54, 1.807) is 0 Å². The van der Waals surface area contributed by atoms with Gasteiger partial charge in [-0.25, -0.2) is 0 Å². The number of benzene rings is 1. The van der Waals surface area contributed by atoms with Crippen LogP contribution in [0.15, 0.2) is 18.2 Å². The summed E-state index contributed by atoms with van der Waals surface area (Å²) < 4.78 is 11.1. The summed E-state index contributed by atoms with van der Waals surface area (Å²) in [6.45, 7) is 2.20. The highest BCUT2D eigenvalue weighted by Gasteiger charge is 2.09. The van der Waals surface area contributed by atoms with E-state index in [2.05, 4.69) is 11.2 Å². The first kappa shape index (κ1) is 10.7. The lowest BCUT2D eigenvalue weighted by Crippen LogP contribution is -2.01. The Labute approximate surface area is 95.8 Å². The van der Waals surface area contributed by atoms with E-state index in [-0.39, 0.29) is 0 Å². The second kappa shape index (κ2) is 5.32. The molecular formula is C13H15NO2. The first-order chi connectivity index (χ1) is 7.90. The van der Waals surface area contributed by atoms with Crippen LogP contribution in [0.4, 0.5) is 5.69 Å². The fraction of sp³-hybridized carbons (Fsp3) is 0.385. The van der Waals surface area contributed by atoms with Crippen molar-refractivity contribution < 1.29 is 9.47 Å². The molecule has 3 heteroatoms. The molecule has 0 unspecified atom stereocenters. The Morgan fingerprint density at radius 1 is 1.25 bits per heavy atom. The summed E-state index contributed by atoms with van der Waals surface area (Å²) in [6, 6.07) is 5.86. The van der Waals surface area contributed by atoms with E-state index in [1.165, 1.54) is 0 Å². The summed E-state index contributed by atoms with van der Waals surface area (Å²) in [7, 11) is 0. The minimum atomic E-state index is 0.709. The molecule has 0 aromatic heterocycles. The highest BCUT2D eigenvalue weighted by Crippen LogP contribution is 2.32. The van der Waals surface area contributed by atoms with Gasteiger partial charge in [0.05, 0.1) is 13.2 Å². The number of rotatable bonds is 3. The van der Waals surface area contributed by atoms with Gasteiger partial charge in [-0.2, -0.15) is 0 Å². The molecule has 0 aliphatic carbocycles. The van der Waals surface area contributed by atoms with E-state index >= 15 is 0 Å². The third-order valence-electron chi connectivity index (χ3n) is 2.35. The normalized spacial score (nSPS) is 13.7. The van der Waals surface area contributed by atoms with Crippen molar-refractivity contribution in [2.24, 2.45) is 0 Å². The largest absolute Gasteiger partial charge is 0.490 e. The van der Waals surface area contributed by atoms with E-state index in [0.29, 0.717) is 13.0 Å². The van der Waals surface area contributed by atoms with Crippen LogP contribution in [-0.4, -0.2) is 19.8 Å². The molecule has 0 saturated heterocycles. The maximum atomic E-state index is 5.59. The molecule has 0 amide bonds. The molecule has 16 heavy (non-hydrogen) atoms. The van der Waals surface area contributed by atoms with Crippen LogP contribution in [0.2, 0.25) is 0 Å². The van der Waals surface area contributed by atoms with Gasteiger partial charge in [0.1, 0.15) is 0 Å². The molecule has 0 fully saturated rings. The van der Waals surface area contributed by atoms with Crippen LogP contribution in [0.25, 0.3) is 0 Å². The lowest BCUT2D eigenvalue weighted by atomic mass is 10.2. The second-order valence-electron chi connectivity index (χ2n) is 3.59. The maximum Gasteiger partial charge on any atom is 0.163 e. The lowest BCUT2D eigenvalue weighted by Gasteiger charge is -2.10. The van der Waals surface area contributed by atoms with E-state index in [1.807, 2.05) is 18.2 Å². The molecule has 0 saturated carbocycles. The average molecular weight is 217 g/mol. The molecule has 1 N–H and O–H groups in total. The standard InChI is InChI=1S/C13H15NO2/c1-2-3-7-14-11-5-6-12-13(10-11)16-9-4-8-15-12/h1,5-6,10,14H,3-4,7-9H2. The summed E-state index contributed by atoms with van der Waals surface area (Å²) in [5.41, 5.74) is 1.01. The van der Waals surface area contributed by atoms with Crippen LogP contribution in [0.5, 0.6) is 11.5 Å². The van der Waals surface area contributed by atoms with Crippen LogP contribution in [0.1, 0.15) is 12.8 Å². The van der Waals surface area contributed by atoms with Gasteiger partial charge in [0, 0.05) is 31.1 Å². The number of terminal acetylenes is 1. The lowest BCUT2D eigenvalue weighted by molar-refractivity contribution is 0.297. The Balaban J connectivity index is 2.06. The highest BCUT2D eigenvalue weighted by molar-refractivity contribution is 5.55. The number of ether oxygens (including phenoxy) is 2. The highest BCUT2D eigenvalue weighted by atomic mass is 16.5. The Morgan fingerprint density at radius 3 is 2.88 bits per heavy atom. The van der Waals surface area contributed by atoms with Gasteiger partial charge in [0.2, 0.25) is 0 Å². The number of anilines is 1. The molecule has 0 spiro atoms. The molecule has 1 aliphatic rings. The fourth-order valence-electron chi connectivity index (χ4n) is 1.55. The molecule has 3 nitrogen and oxygen atoms in total. The SMILES string of the molecule is C#CCCNc1ccc2c(c1)OCCCO2. The molecule has 84 valence electrons. The molecule has 1 aromatic rings. The number of fused-ring (bicyclic) bond motifs is 1. The van der Waals surface area contributed by atoms with Crippen molar-refractivity contribution in [2.45, 2.75) is 12.8 Å². The minimum Gasteiger partial charge on any atom is -0.490 e. The third kappa shape index (κ3) is 2.60. The van der Waals surface area contributed by atoms with Gasteiger partial charge in [-0.05, 0) is 12.1 Å². The smallest absolute Gasteiger partial charge is 0.163 e. The predicted octanol–water partition coefficient (Wildman–Crippen LogP) is 2.28. The maximum absolute atomic E-state index is 5.59. The predicted molar refractivity (Wildman–Crippen MR) is 64.0 cm³/mol. The van der Waals surface area contributed by atoms with Crippen LogP contribution >= 0.6 is 0 Å². The summed E-state index contributed by atoms with van der Waals surface area (Å²) in [6.07, 6.45) is 6.83. The zero-order chi connectivity index (χ0) is 11.2. The van der Waals surface area contributed by atoms with E-state index in [0.717, 1.165) is 36.8 Å². The third-order valence-corrected chi connectivity index (χ3v) is 2.35. The van der Waals surface area contributed by atoms with E-state index < -0.39 is 0 Å². The molecule has 0 bridgehead atoms. The van der Waals surface area contributed by atoms with Crippen LogP contribution in [-0.2, 0) is 0 Å². The molecule has 2 rings (SSSR count). The van der Waals surface area contributed by atoms with Crippen molar-refractivity contribution >= 4 is 5.69 Å². The van der Waals surface area contributed by atoms with Crippen LogP contribution < -0.4 is 14.8 Å². The first-order valence-electron chi connectivity index (χ1n) is 5.47. The van der Waals surface area contributed by atoms with Crippen molar-refractivity contribution in [1.82, 2.24) is 0 Å². The number of hydrogen-bond acceptors (Lipinski definition) is 3. The summed E-state index contributed by atoms with van der Waals surface area (Å²) in [4.78, 5) is 0. The first-order valence-corrected chi connectivity index (χ1v) is 5.47. The van der Waals surface area contributed by atoms with Crippen LogP contribution in [0.3, 0.4) is 0 Å². The zero-order valence-corrected chi connectivity index (χ0v) is 9.16. The van der Waals surface area contributed by atoms with E-state index in [4.69, 9.17) is 15.9 Å². The Hall–Kier alpha value is -1.82. The van der Waals surface area contributed by atoms with Crippen molar-refractivity contribution in [3.05, 3.63) is 18.2 Å². The summed E-state index contributed by atoms with van der Waals surface area (Å²) in [5, 5.41) is 3.24. The molecule has 1 aromatic carbocycles. The van der Waals surface area contributed by atoms with Gasteiger partial charge < -0.3 is 14.8 Å². The monoisotopic (exact) mass is 217 g/mol. The quantitative estimate of drug-likeness (QED) is 0.622. The molecular weight excluding hydrogens is 202 g/mol. The van der Waals surface area contributed by atoms with Gasteiger partial charge in [-0.3, -0.25) is 0 Å². The van der Waals surface area contributed by atoms with Gasteiger partial charge in [-0.1, -0.05) is 0 Å². The number of hydrogen-bond donors (Lipinski definition) is 1. The van der Waals surface area contributed by atoms with Gasteiger partial charge >= 0.3 is 0 Å². The Morgan fingerprint density at radius 2 is 2.06 bits per heavy atom. The van der Waals surface area contributed by atoms with E-state index in [9.17, 15) is 0 Å². The van der Waals surface area contributed by atoms with Crippen LogP contribution in [0, 0.1) is 12.3 Å². The molecule has 1 heterocycles. The summed E-state index contributed by atoms with van der Waals surface area (Å²) >= 11 is 0. The molecule has 0 atom stereocenters. The van der Waals surface area contributed by atoms with Crippen molar-refractivity contribution in [3.63, 3.8) is 0 Å². The van der Waals surface area contributed by atoms with Gasteiger partial charge in [0.15, 0.2) is 11.5 Å². The van der Waals surface area contributed by atoms with Crippen molar-refractivity contribution in [1.29, 1.82) is 0 Å². The molecule has 1 aliphatic heterocycles. The number of nitrogens with one attached hydrogen (secondary N) is 1. The molecule has 0 radical (unpaired) electrons.